The molecule has 0 saturated carbocycles. The van der Waals surface area contributed by atoms with Crippen molar-refractivity contribution < 1.29 is 8.78 Å². The van der Waals surface area contributed by atoms with Crippen LogP contribution in [-0.2, 0) is 6.42 Å². The predicted octanol–water partition coefficient (Wildman–Crippen LogP) is 8.16. The fraction of sp³-hybridized carbons (Fsp3) is 0.172. The van der Waals surface area contributed by atoms with E-state index in [1.54, 1.807) is 0 Å². The third-order valence-electron chi connectivity index (χ3n) is 6.36. The summed E-state index contributed by atoms with van der Waals surface area (Å²) in [7, 11) is 0. The molecule has 0 bridgehead atoms. The molecule has 3 heteroatoms. The second-order valence-corrected chi connectivity index (χ2v) is 8.63. The average molecular weight is 426 g/mol. The van der Waals surface area contributed by atoms with E-state index in [0.717, 1.165) is 28.3 Å². The van der Waals surface area contributed by atoms with Crippen LogP contribution in [0.25, 0.3) is 39.1 Å². The summed E-state index contributed by atoms with van der Waals surface area (Å²) >= 11 is 0. The summed E-state index contributed by atoms with van der Waals surface area (Å²) in [5, 5.41) is 2.11. The Morgan fingerprint density at radius 1 is 0.750 bits per heavy atom. The number of halogens is 2. The number of nitrogens with two attached hydrogens (primary N) is 1. The summed E-state index contributed by atoms with van der Waals surface area (Å²) < 4.78 is 27.8. The smallest absolute Gasteiger partial charge is 0.149 e. The Morgan fingerprint density at radius 3 is 2.00 bits per heavy atom. The van der Waals surface area contributed by atoms with Crippen molar-refractivity contribution in [2.24, 2.45) is 0 Å². The first-order valence-electron chi connectivity index (χ1n) is 11.1. The Labute approximate surface area is 187 Å². The average Bonchev–Trinajstić information content (AvgIpc) is 3.22. The molecule has 4 aromatic carbocycles. The first kappa shape index (κ1) is 20.4. The molecular weight excluding hydrogens is 400 g/mol. The molecule has 0 unspecified atom stereocenters. The van der Waals surface area contributed by atoms with E-state index in [-0.39, 0.29) is 0 Å². The molecule has 0 saturated heterocycles. The van der Waals surface area contributed by atoms with Crippen molar-refractivity contribution in [3.05, 3.63) is 95.1 Å². The van der Waals surface area contributed by atoms with Gasteiger partial charge in [0.2, 0.25) is 0 Å². The van der Waals surface area contributed by atoms with Crippen LogP contribution in [0.3, 0.4) is 0 Å². The lowest BCUT2D eigenvalue weighted by Gasteiger charge is -2.09. The van der Waals surface area contributed by atoms with Crippen LogP contribution in [0.15, 0.2) is 72.3 Å². The quantitative estimate of drug-likeness (QED) is 0.321. The van der Waals surface area contributed by atoms with Gasteiger partial charge in [-0.1, -0.05) is 61.4 Å². The van der Waals surface area contributed by atoms with Crippen LogP contribution < -0.4 is 5.73 Å². The number of fused-ring (bicyclic) bond motifs is 2. The highest BCUT2D eigenvalue weighted by molar-refractivity contribution is 5.91. The number of anilines is 1. The molecule has 0 spiro atoms. The maximum atomic E-state index is 13.9. The van der Waals surface area contributed by atoms with Gasteiger partial charge in [-0.25, -0.2) is 8.78 Å². The molecule has 0 atom stereocenters. The van der Waals surface area contributed by atoms with Crippen molar-refractivity contribution in [2.45, 2.75) is 32.6 Å². The second-order valence-electron chi connectivity index (χ2n) is 8.63. The van der Waals surface area contributed by atoms with Gasteiger partial charge in [0.15, 0.2) is 0 Å². The lowest BCUT2D eigenvalue weighted by atomic mass is 9.96. The Morgan fingerprint density at radius 2 is 1.34 bits per heavy atom. The van der Waals surface area contributed by atoms with Gasteiger partial charge >= 0.3 is 0 Å². The van der Waals surface area contributed by atoms with Gasteiger partial charge in [0.05, 0.1) is 0 Å². The van der Waals surface area contributed by atoms with Crippen molar-refractivity contribution in [3.8, 4) is 22.3 Å². The first-order valence-corrected chi connectivity index (χ1v) is 11.1. The fourth-order valence-electron chi connectivity index (χ4n) is 4.51. The summed E-state index contributed by atoms with van der Waals surface area (Å²) in [6.45, 7) is 2.23. The maximum Gasteiger partial charge on any atom is 0.149 e. The molecule has 5 rings (SSSR count). The predicted molar refractivity (Wildman–Crippen MR) is 130 cm³/mol. The number of allylic oxidation sites excluding steroid dienone is 1. The number of hydrogen-bond donors (Lipinski definition) is 1. The molecule has 0 fully saturated rings. The van der Waals surface area contributed by atoms with Crippen LogP contribution in [0.2, 0.25) is 0 Å². The topological polar surface area (TPSA) is 26.0 Å². The molecule has 2 N–H and O–H groups in total. The maximum absolute atomic E-state index is 13.9. The van der Waals surface area contributed by atoms with Crippen LogP contribution >= 0.6 is 0 Å². The van der Waals surface area contributed by atoms with Gasteiger partial charge in [-0.3, -0.25) is 0 Å². The number of unbranched alkanes of at least 4 members (excludes halogenated alkanes) is 1. The molecule has 0 aliphatic heterocycles. The van der Waals surface area contributed by atoms with E-state index in [0.29, 0.717) is 5.56 Å². The van der Waals surface area contributed by atoms with E-state index < -0.39 is 17.3 Å². The number of nitrogen functional groups attached to an aromatic ring is 1. The minimum absolute atomic E-state index is 0.444. The molecule has 0 aromatic heterocycles. The van der Waals surface area contributed by atoms with E-state index in [4.69, 9.17) is 5.73 Å². The normalized spacial score (nSPS) is 12.8. The molecule has 32 heavy (non-hydrogen) atoms. The summed E-state index contributed by atoms with van der Waals surface area (Å²) in [4.78, 5) is 0. The summed E-state index contributed by atoms with van der Waals surface area (Å²) in [6.07, 6.45) is 7.07. The number of benzene rings is 4. The van der Waals surface area contributed by atoms with E-state index in [9.17, 15) is 8.78 Å². The first-order chi connectivity index (χ1) is 15.5. The number of hydrogen-bond acceptors (Lipinski definition) is 1. The lowest BCUT2D eigenvalue weighted by molar-refractivity contribution is 0.592. The zero-order valence-electron chi connectivity index (χ0n) is 18.1. The number of rotatable bonds is 5. The highest BCUT2D eigenvalue weighted by Gasteiger charge is 2.14. The van der Waals surface area contributed by atoms with Gasteiger partial charge in [0.1, 0.15) is 17.3 Å². The molecule has 160 valence electrons. The molecule has 0 radical (unpaired) electrons. The molecule has 1 aliphatic rings. The zero-order chi connectivity index (χ0) is 22.2. The van der Waals surface area contributed by atoms with E-state index in [1.165, 1.54) is 53.7 Å². The molecular formula is C29H25F2N. The SMILES string of the molecule is CCCCC1=Cc2cc(-c3ccc4cc(-c5cc(F)c(N)c(F)c5)ccc4c3)ccc2C1. The third-order valence-corrected chi connectivity index (χ3v) is 6.36. The highest BCUT2D eigenvalue weighted by Crippen LogP contribution is 2.34. The Bertz CT molecular complexity index is 1340. The van der Waals surface area contributed by atoms with Crippen molar-refractivity contribution >= 4 is 22.5 Å². The van der Waals surface area contributed by atoms with Crippen LogP contribution in [0, 0.1) is 11.6 Å². The Balaban J connectivity index is 1.47. The van der Waals surface area contributed by atoms with Crippen LogP contribution in [0.5, 0.6) is 0 Å². The van der Waals surface area contributed by atoms with Gasteiger partial charge in [0.25, 0.3) is 0 Å². The van der Waals surface area contributed by atoms with Gasteiger partial charge in [-0.2, -0.15) is 0 Å². The fourth-order valence-corrected chi connectivity index (χ4v) is 4.51. The van der Waals surface area contributed by atoms with Gasteiger partial charge in [-0.05, 0) is 93.7 Å². The standard InChI is InChI=1S/C29H25F2N/c1-2-3-4-18-11-19-5-6-23(15-25(19)12-18)21-7-8-22-14-24(10-9-20(22)13-21)26-16-27(30)29(32)28(31)17-26/h5-10,12-17H,2-4,11,32H2,1H3. The van der Waals surface area contributed by atoms with Gasteiger partial charge < -0.3 is 5.73 Å². The third kappa shape index (κ3) is 3.80. The Kier molecular flexibility index (Phi) is 5.26. The molecule has 4 aromatic rings. The minimum atomic E-state index is -0.737. The molecule has 1 nitrogen and oxygen atoms in total. The van der Waals surface area contributed by atoms with Crippen molar-refractivity contribution in [2.75, 3.05) is 5.73 Å². The lowest BCUT2D eigenvalue weighted by Crippen LogP contribution is -1.96. The Hall–Kier alpha value is -3.46. The van der Waals surface area contributed by atoms with Gasteiger partial charge in [0, 0.05) is 0 Å². The van der Waals surface area contributed by atoms with E-state index in [2.05, 4.69) is 49.4 Å². The second kappa shape index (κ2) is 8.23. The van der Waals surface area contributed by atoms with Crippen LogP contribution in [-0.4, -0.2) is 0 Å². The molecule has 0 heterocycles. The minimum Gasteiger partial charge on any atom is -0.394 e. The zero-order valence-corrected chi connectivity index (χ0v) is 18.1. The summed E-state index contributed by atoms with van der Waals surface area (Å²) in [6, 6.07) is 21.5. The van der Waals surface area contributed by atoms with Gasteiger partial charge in [-0.15, -0.1) is 0 Å². The molecule has 1 aliphatic carbocycles. The van der Waals surface area contributed by atoms with Crippen molar-refractivity contribution in [3.63, 3.8) is 0 Å². The van der Waals surface area contributed by atoms with Crippen molar-refractivity contribution in [1.82, 2.24) is 0 Å². The highest BCUT2D eigenvalue weighted by atomic mass is 19.1. The van der Waals surface area contributed by atoms with Crippen LogP contribution in [0.4, 0.5) is 14.5 Å². The summed E-state index contributed by atoms with van der Waals surface area (Å²) in [5.41, 5.74) is 12.8. The van der Waals surface area contributed by atoms with Crippen molar-refractivity contribution in [1.29, 1.82) is 0 Å². The summed E-state index contributed by atoms with van der Waals surface area (Å²) in [5.74, 6) is -1.47. The van der Waals surface area contributed by atoms with E-state index >= 15 is 0 Å². The molecule has 0 amide bonds. The van der Waals surface area contributed by atoms with E-state index in [1.807, 2.05) is 18.2 Å². The monoisotopic (exact) mass is 425 g/mol. The van der Waals surface area contributed by atoms with Crippen LogP contribution in [0.1, 0.15) is 37.3 Å². The largest absolute Gasteiger partial charge is 0.394 e.